The zero-order chi connectivity index (χ0) is 14.8. The van der Waals surface area contributed by atoms with Crippen LogP contribution in [0.1, 0.15) is 48.5 Å². The summed E-state index contributed by atoms with van der Waals surface area (Å²) < 4.78 is 23.6. The lowest BCUT2D eigenvalue weighted by molar-refractivity contribution is 0.278. The second-order valence-corrected chi connectivity index (χ2v) is 9.29. The number of rotatable bonds is 5. The lowest BCUT2D eigenvalue weighted by Crippen LogP contribution is -2.35. The molecule has 4 nitrogen and oxygen atoms in total. The van der Waals surface area contributed by atoms with E-state index in [1.54, 1.807) is 11.3 Å². The number of sulfone groups is 1. The molecule has 1 aromatic heterocycles. The molecule has 0 radical (unpaired) electrons. The van der Waals surface area contributed by atoms with Crippen molar-refractivity contribution in [3.05, 3.63) is 16.1 Å². The monoisotopic (exact) mass is 316 g/mol. The average molecular weight is 316 g/mol. The van der Waals surface area contributed by atoms with E-state index in [9.17, 15) is 8.42 Å². The van der Waals surface area contributed by atoms with Gasteiger partial charge in [-0.1, -0.05) is 13.3 Å². The van der Waals surface area contributed by atoms with Gasteiger partial charge in [0.1, 0.15) is 9.84 Å². The number of aromatic nitrogens is 1. The van der Waals surface area contributed by atoms with Crippen LogP contribution < -0.4 is 5.32 Å². The average Bonchev–Trinajstić information content (AvgIpc) is 2.81. The van der Waals surface area contributed by atoms with E-state index in [1.807, 2.05) is 13.1 Å². The molecule has 1 aliphatic rings. The highest BCUT2D eigenvalue weighted by Gasteiger charge is 2.34. The van der Waals surface area contributed by atoms with E-state index in [0.29, 0.717) is 5.92 Å². The van der Waals surface area contributed by atoms with Gasteiger partial charge in [0.2, 0.25) is 0 Å². The maximum Gasteiger partial charge on any atom is 0.150 e. The summed E-state index contributed by atoms with van der Waals surface area (Å²) in [5.41, 5.74) is 0. The molecule has 0 spiro atoms. The van der Waals surface area contributed by atoms with Crippen molar-refractivity contribution >= 4 is 21.2 Å². The number of hydrogen-bond acceptors (Lipinski definition) is 5. The standard InChI is InChI=1S/C14H24N2O2S2/c1-4-15-14(13-9-16-10(2)19-13)11-6-5-7-12(8-11)20(3,17)18/h9,11-12,14-15H,4-8H2,1-3H3. The first-order valence-corrected chi connectivity index (χ1v) is 10.0. The zero-order valence-electron chi connectivity index (χ0n) is 12.4. The maximum atomic E-state index is 11.8. The minimum Gasteiger partial charge on any atom is -0.309 e. The second kappa shape index (κ2) is 6.54. The Morgan fingerprint density at radius 1 is 1.50 bits per heavy atom. The Morgan fingerprint density at radius 3 is 2.80 bits per heavy atom. The predicted octanol–water partition coefficient (Wildman–Crippen LogP) is 2.71. The third-order valence-electron chi connectivity index (χ3n) is 4.11. The van der Waals surface area contributed by atoms with Crippen molar-refractivity contribution in [2.24, 2.45) is 5.92 Å². The van der Waals surface area contributed by atoms with Crippen molar-refractivity contribution in [2.75, 3.05) is 12.8 Å². The van der Waals surface area contributed by atoms with Gasteiger partial charge in [0, 0.05) is 23.4 Å². The van der Waals surface area contributed by atoms with Gasteiger partial charge in [0.25, 0.3) is 0 Å². The second-order valence-electron chi connectivity index (χ2n) is 5.70. The summed E-state index contributed by atoms with van der Waals surface area (Å²) in [4.78, 5) is 5.58. The maximum absolute atomic E-state index is 11.8. The van der Waals surface area contributed by atoms with Crippen molar-refractivity contribution < 1.29 is 8.42 Å². The van der Waals surface area contributed by atoms with Gasteiger partial charge in [-0.15, -0.1) is 11.3 Å². The largest absolute Gasteiger partial charge is 0.309 e. The van der Waals surface area contributed by atoms with Crippen LogP contribution in [0.3, 0.4) is 0 Å². The van der Waals surface area contributed by atoms with Gasteiger partial charge in [-0.3, -0.25) is 0 Å². The molecular formula is C14H24N2O2S2. The third kappa shape index (κ3) is 3.80. The van der Waals surface area contributed by atoms with Crippen LogP contribution in [0.25, 0.3) is 0 Å². The van der Waals surface area contributed by atoms with Crippen molar-refractivity contribution in [3.63, 3.8) is 0 Å². The molecule has 0 aliphatic heterocycles. The van der Waals surface area contributed by atoms with Crippen molar-refractivity contribution in [1.29, 1.82) is 0 Å². The highest BCUT2D eigenvalue weighted by atomic mass is 32.2. The van der Waals surface area contributed by atoms with Crippen LogP contribution in [0.2, 0.25) is 0 Å². The number of nitrogens with zero attached hydrogens (tertiary/aromatic N) is 1. The Kier molecular flexibility index (Phi) is 5.20. The topological polar surface area (TPSA) is 59.1 Å². The summed E-state index contributed by atoms with van der Waals surface area (Å²) >= 11 is 1.72. The molecule has 1 fully saturated rings. The Bertz CT molecular complexity index is 539. The molecule has 3 unspecified atom stereocenters. The van der Waals surface area contributed by atoms with Crippen LogP contribution in [0.4, 0.5) is 0 Å². The first-order chi connectivity index (χ1) is 9.41. The summed E-state index contributed by atoms with van der Waals surface area (Å²) in [6, 6.07) is 0.246. The highest BCUT2D eigenvalue weighted by Crippen LogP contribution is 2.38. The number of aryl methyl sites for hydroxylation is 1. The van der Waals surface area contributed by atoms with Crippen LogP contribution in [0.15, 0.2) is 6.20 Å². The molecule has 3 atom stereocenters. The fourth-order valence-corrected chi connectivity index (χ4v) is 5.26. The van der Waals surface area contributed by atoms with E-state index in [-0.39, 0.29) is 11.3 Å². The van der Waals surface area contributed by atoms with Crippen molar-refractivity contribution in [2.45, 2.75) is 50.8 Å². The van der Waals surface area contributed by atoms with Crippen LogP contribution in [-0.2, 0) is 9.84 Å². The minimum atomic E-state index is -2.92. The zero-order valence-corrected chi connectivity index (χ0v) is 14.1. The fourth-order valence-electron chi connectivity index (χ4n) is 3.11. The molecule has 1 aromatic rings. The van der Waals surface area contributed by atoms with Gasteiger partial charge in [0.05, 0.1) is 10.3 Å². The number of thiazole rings is 1. The molecule has 1 aliphatic carbocycles. The lowest BCUT2D eigenvalue weighted by Gasteiger charge is -2.33. The normalized spacial score (nSPS) is 25.6. The third-order valence-corrected chi connectivity index (χ3v) is 6.75. The smallest absolute Gasteiger partial charge is 0.150 e. The van der Waals surface area contributed by atoms with Crippen molar-refractivity contribution in [3.8, 4) is 0 Å². The van der Waals surface area contributed by atoms with E-state index in [0.717, 1.165) is 37.2 Å². The molecule has 114 valence electrons. The van der Waals surface area contributed by atoms with Gasteiger partial charge >= 0.3 is 0 Å². The van der Waals surface area contributed by atoms with Crippen molar-refractivity contribution in [1.82, 2.24) is 10.3 Å². The molecule has 0 bridgehead atoms. The first kappa shape index (κ1) is 15.9. The lowest BCUT2D eigenvalue weighted by atomic mass is 9.83. The van der Waals surface area contributed by atoms with Crippen LogP contribution in [0, 0.1) is 12.8 Å². The van der Waals surface area contributed by atoms with Gasteiger partial charge in [-0.05, 0) is 38.6 Å². The van der Waals surface area contributed by atoms with E-state index >= 15 is 0 Å². The SMILES string of the molecule is CCNC(c1cnc(C)s1)C1CCCC(S(C)(=O)=O)C1. The van der Waals surface area contributed by atoms with E-state index in [2.05, 4.69) is 17.2 Å². The van der Waals surface area contributed by atoms with E-state index < -0.39 is 9.84 Å². The summed E-state index contributed by atoms with van der Waals surface area (Å²) in [6.45, 7) is 5.00. The van der Waals surface area contributed by atoms with Gasteiger partial charge in [-0.25, -0.2) is 13.4 Å². The molecule has 20 heavy (non-hydrogen) atoms. The molecule has 1 heterocycles. The quantitative estimate of drug-likeness (QED) is 0.907. The number of hydrogen-bond donors (Lipinski definition) is 1. The first-order valence-electron chi connectivity index (χ1n) is 7.26. The summed E-state index contributed by atoms with van der Waals surface area (Å²) in [6.07, 6.45) is 7.00. The van der Waals surface area contributed by atoms with Crippen LogP contribution in [-0.4, -0.2) is 31.5 Å². The van der Waals surface area contributed by atoms with Crippen LogP contribution in [0.5, 0.6) is 0 Å². The minimum absolute atomic E-state index is 0.170. The molecular weight excluding hydrogens is 292 g/mol. The fraction of sp³-hybridized carbons (Fsp3) is 0.786. The van der Waals surface area contributed by atoms with E-state index in [4.69, 9.17) is 0 Å². The van der Waals surface area contributed by atoms with E-state index in [1.165, 1.54) is 11.1 Å². The number of nitrogens with one attached hydrogen (secondary N) is 1. The Labute approximate surface area is 125 Å². The van der Waals surface area contributed by atoms with Crippen LogP contribution >= 0.6 is 11.3 Å². The molecule has 0 aromatic carbocycles. The molecule has 0 amide bonds. The Balaban J connectivity index is 2.17. The highest BCUT2D eigenvalue weighted by molar-refractivity contribution is 7.91. The Morgan fingerprint density at radius 2 is 2.25 bits per heavy atom. The summed E-state index contributed by atoms with van der Waals surface area (Å²) in [7, 11) is -2.92. The van der Waals surface area contributed by atoms with Gasteiger partial charge in [-0.2, -0.15) is 0 Å². The molecule has 1 N–H and O–H groups in total. The summed E-state index contributed by atoms with van der Waals surface area (Å²) in [5.74, 6) is 0.392. The molecule has 2 rings (SSSR count). The predicted molar refractivity (Wildman–Crippen MR) is 83.9 cm³/mol. The molecule has 1 saturated carbocycles. The molecule has 0 saturated heterocycles. The van der Waals surface area contributed by atoms with Gasteiger partial charge in [0.15, 0.2) is 0 Å². The summed E-state index contributed by atoms with van der Waals surface area (Å²) in [5, 5.41) is 4.43. The Hall–Kier alpha value is -0.460. The van der Waals surface area contributed by atoms with Gasteiger partial charge < -0.3 is 5.32 Å². The molecule has 6 heteroatoms.